The Labute approximate surface area is 605 Å². The van der Waals surface area contributed by atoms with Crippen molar-refractivity contribution in [3.05, 3.63) is 252 Å². The zero-order chi connectivity index (χ0) is 73.0. The molecular formula is C90H102O12. The molecule has 0 unspecified atom stereocenters. The van der Waals surface area contributed by atoms with Crippen molar-refractivity contribution in [2.75, 3.05) is 0 Å². The van der Waals surface area contributed by atoms with Crippen LogP contribution in [0.3, 0.4) is 0 Å². The zero-order valence-electron chi connectivity index (χ0n) is 62.9. The fourth-order valence-electron chi connectivity index (χ4n) is 10.9. The summed E-state index contributed by atoms with van der Waals surface area (Å²) in [6.07, 6.45) is 0. The van der Waals surface area contributed by atoms with Crippen molar-refractivity contribution in [1.29, 1.82) is 0 Å². The zero-order valence-corrected chi connectivity index (χ0v) is 62.9. The molecule has 0 fully saturated rings. The first-order valence-corrected chi connectivity index (χ1v) is 35.1. The maximum Gasteiger partial charge on any atom is 0.124 e. The van der Waals surface area contributed by atoms with E-state index in [2.05, 4.69) is 54.6 Å². The number of hydrogen-bond donors (Lipinski definition) is 0. The molecule has 10 rings (SSSR count). The molecule has 0 aliphatic carbocycles. The second-order valence-corrected chi connectivity index (χ2v) is 31.8. The number of benzene rings is 10. The Morgan fingerprint density at radius 2 is 0.284 bits per heavy atom. The van der Waals surface area contributed by atoms with Crippen LogP contribution in [-0.4, -0.2) is 33.6 Å². The van der Waals surface area contributed by atoms with Crippen LogP contribution in [0.5, 0.6) is 69.0 Å². The average Bonchev–Trinajstić information content (AvgIpc) is 0.783. The Bertz CT molecular complexity index is 3640. The largest absolute Gasteiger partial charge is 0.489 e. The summed E-state index contributed by atoms with van der Waals surface area (Å²) in [4.78, 5) is 0. The molecule has 534 valence electrons. The van der Waals surface area contributed by atoms with E-state index in [1.165, 1.54) is 0 Å². The highest BCUT2D eigenvalue weighted by atomic mass is 16.5. The summed E-state index contributed by atoms with van der Waals surface area (Å²) in [5.41, 5.74) is 8.94. The van der Waals surface area contributed by atoms with Gasteiger partial charge in [-0.2, -0.15) is 0 Å². The van der Waals surface area contributed by atoms with Gasteiger partial charge in [0.05, 0.1) is 0 Å². The Morgan fingerprint density at radius 3 is 0.412 bits per heavy atom. The van der Waals surface area contributed by atoms with Crippen molar-refractivity contribution in [3.63, 3.8) is 0 Å². The van der Waals surface area contributed by atoms with E-state index in [4.69, 9.17) is 56.8 Å². The molecule has 0 amide bonds. The van der Waals surface area contributed by atoms with Gasteiger partial charge in [0, 0.05) is 18.2 Å². The summed E-state index contributed by atoms with van der Waals surface area (Å²) in [5.74, 6) is 8.39. The Kier molecular flexibility index (Phi) is 23.2. The monoisotopic (exact) mass is 1370 g/mol. The van der Waals surface area contributed by atoms with Crippen LogP contribution in [0.1, 0.15) is 158 Å². The first-order valence-electron chi connectivity index (χ1n) is 35.1. The van der Waals surface area contributed by atoms with E-state index in [0.29, 0.717) is 34.5 Å². The molecule has 102 heavy (non-hydrogen) atoms. The lowest BCUT2D eigenvalue weighted by Crippen LogP contribution is -2.22. The van der Waals surface area contributed by atoms with E-state index in [9.17, 15) is 0 Å². The lowest BCUT2D eigenvalue weighted by Gasteiger charge is -2.21. The number of rotatable bonds is 27. The molecule has 12 heteroatoms. The van der Waals surface area contributed by atoms with Crippen LogP contribution in [0.2, 0.25) is 0 Å². The van der Waals surface area contributed by atoms with Gasteiger partial charge in [-0.3, -0.25) is 0 Å². The van der Waals surface area contributed by atoms with Gasteiger partial charge in [0.1, 0.15) is 142 Å². The summed E-state index contributed by atoms with van der Waals surface area (Å²) in [5, 5.41) is 0. The lowest BCUT2D eigenvalue weighted by molar-refractivity contribution is 0.130. The second kappa shape index (κ2) is 31.8. The molecule has 0 aliphatic rings. The molecule has 0 bridgehead atoms. The SMILES string of the molecule is CC(C)(C)Oc1ccc(COc2cc(OCc3ccc(OC(C)(C)C)cc3)cc(-c3cc(-c4cc(OCc5ccc(OC(C)(C)C)cc5)cc(OCc5ccc(OC(C)(C)C)cc5)c4)cc(-c4cc(OCc5ccc(OC(C)(C)C)cc5)cc(OCc5ccc(OC(C)(C)C)cc5)c4)c3)c2)cc1. The minimum atomic E-state index is -0.343. The highest BCUT2D eigenvalue weighted by Gasteiger charge is 2.20. The third-order valence-electron chi connectivity index (χ3n) is 15.1. The molecule has 12 nitrogen and oxygen atoms in total. The quantitative estimate of drug-likeness (QED) is 0.0489. The van der Waals surface area contributed by atoms with E-state index in [1.54, 1.807) is 0 Å². The van der Waals surface area contributed by atoms with Gasteiger partial charge in [-0.1, -0.05) is 72.8 Å². The first kappa shape index (κ1) is 74.5. The van der Waals surface area contributed by atoms with Gasteiger partial charge in [-0.05, 0) is 319 Å². The predicted octanol–water partition coefficient (Wildman–Crippen LogP) is 23.2. The Morgan fingerprint density at radius 1 is 0.157 bits per heavy atom. The topological polar surface area (TPSA) is 111 Å². The van der Waals surface area contributed by atoms with Crippen LogP contribution in [0.15, 0.2) is 218 Å². The summed E-state index contributed by atoms with van der Waals surface area (Å²) in [6.45, 7) is 38.5. The van der Waals surface area contributed by atoms with Gasteiger partial charge in [0.25, 0.3) is 0 Å². The molecule has 10 aromatic carbocycles. The maximum atomic E-state index is 6.78. The van der Waals surface area contributed by atoms with Crippen molar-refractivity contribution in [1.82, 2.24) is 0 Å². The minimum absolute atomic E-state index is 0.289. The van der Waals surface area contributed by atoms with Gasteiger partial charge in [0.2, 0.25) is 0 Å². The molecule has 10 aromatic rings. The van der Waals surface area contributed by atoms with Crippen LogP contribution in [0, 0.1) is 0 Å². The van der Waals surface area contributed by atoms with Crippen molar-refractivity contribution in [2.24, 2.45) is 0 Å². The summed E-state index contributed by atoms with van der Waals surface area (Å²) < 4.78 is 77.7. The molecule has 0 atom stereocenters. The fraction of sp³-hybridized carbons (Fsp3) is 0.333. The van der Waals surface area contributed by atoms with Crippen molar-refractivity contribution >= 4 is 0 Å². The van der Waals surface area contributed by atoms with Crippen LogP contribution in [0.25, 0.3) is 33.4 Å². The minimum Gasteiger partial charge on any atom is -0.489 e. The first-order chi connectivity index (χ1) is 48.1. The normalized spacial score (nSPS) is 12.1. The summed E-state index contributed by atoms with van der Waals surface area (Å²) in [6, 6.07) is 73.0. The fourth-order valence-corrected chi connectivity index (χ4v) is 10.9. The van der Waals surface area contributed by atoms with Gasteiger partial charge in [-0.15, -0.1) is 0 Å². The van der Waals surface area contributed by atoms with Crippen molar-refractivity contribution in [2.45, 2.75) is 198 Å². The van der Waals surface area contributed by atoms with Crippen LogP contribution in [-0.2, 0) is 39.6 Å². The van der Waals surface area contributed by atoms with Gasteiger partial charge >= 0.3 is 0 Å². The molecule has 0 saturated heterocycles. The average molecular weight is 1380 g/mol. The van der Waals surface area contributed by atoms with E-state index in [0.717, 1.165) is 101 Å². The third-order valence-corrected chi connectivity index (χ3v) is 15.1. The standard InChI is InChI=1S/C90H102O12/c1-85(2,3)97-73-31-19-61(20-32-73)55-91-79-46-70(47-80(52-79)92-56-62-21-33-74(34-22-62)98-86(4,5)6)67-43-68(71-48-81(93-57-63-23-35-75(36-24-63)99-87(7,8)9)53-82(49-71)94-58-64-25-37-76(38-26-64)100-88(10,11)12)45-69(44-67)72-50-83(95-59-65-27-39-77(40-28-65)101-89(13,14)15)54-84(51-72)96-60-66-29-41-78(42-30-66)102-90(16,17)18/h19-54H,55-60H2,1-18H3. The molecule has 0 aliphatic heterocycles. The van der Waals surface area contributed by atoms with Gasteiger partial charge in [-0.25, -0.2) is 0 Å². The summed E-state index contributed by atoms with van der Waals surface area (Å²) >= 11 is 0. The third kappa shape index (κ3) is 24.6. The Balaban J connectivity index is 1.10. The van der Waals surface area contributed by atoms with E-state index in [1.807, 2.05) is 288 Å². The summed E-state index contributed by atoms with van der Waals surface area (Å²) in [7, 11) is 0. The van der Waals surface area contributed by atoms with Crippen LogP contribution in [0.4, 0.5) is 0 Å². The smallest absolute Gasteiger partial charge is 0.124 e. The highest BCUT2D eigenvalue weighted by molar-refractivity contribution is 5.83. The van der Waals surface area contributed by atoms with Crippen LogP contribution < -0.4 is 56.8 Å². The molecule has 0 saturated carbocycles. The maximum absolute atomic E-state index is 6.78. The van der Waals surface area contributed by atoms with Gasteiger partial charge in [0.15, 0.2) is 0 Å². The van der Waals surface area contributed by atoms with Crippen LogP contribution >= 0.6 is 0 Å². The predicted molar refractivity (Wildman–Crippen MR) is 410 cm³/mol. The Hall–Kier alpha value is -10.2. The molecular weight excluding hydrogens is 1270 g/mol. The second-order valence-electron chi connectivity index (χ2n) is 31.8. The molecule has 0 radical (unpaired) electrons. The van der Waals surface area contributed by atoms with Gasteiger partial charge < -0.3 is 56.8 Å². The lowest BCUT2D eigenvalue weighted by atomic mass is 9.92. The van der Waals surface area contributed by atoms with Crippen molar-refractivity contribution < 1.29 is 56.8 Å². The molecule has 0 aromatic heterocycles. The van der Waals surface area contributed by atoms with E-state index in [-0.39, 0.29) is 73.2 Å². The van der Waals surface area contributed by atoms with Crippen molar-refractivity contribution in [3.8, 4) is 102 Å². The number of hydrogen-bond acceptors (Lipinski definition) is 12. The molecule has 0 heterocycles. The van der Waals surface area contributed by atoms with E-state index >= 15 is 0 Å². The van der Waals surface area contributed by atoms with E-state index < -0.39 is 0 Å². The number of ether oxygens (including phenoxy) is 12. The highest BCUT2D eigenvalue weighted by Crippen LogP contribution is 2.42. The molecule has 0 N–H and O–H groups in total. The molecule has 0 spiro atoms.